The van der Waals surface area contributed by atoms with Gasteiger partial charge in [-0.15, -0.1) is 0 Å². The molecule has 0 saturated carbocycles. The highest BCUT2D eigenvalue weighted by Gasteiger charge is 2.32. The van der Waals surface area contributed by atoms with E-state index in [2.05, 4.69) is 32.6 Å². The lowest BCUT2D eigenvalue weighted by molar-refractivity contribution is 0.242. The summed E-state index contributed by atoms with van der Waals surface area (Å²) in [5.41, 5.74) is 6.08. The molecule has 0 aromatic heterocycles. The molecule has 0 aromatic carbocycles. The predicted octanol–water partition coefficient (Wildman–Crippen LogP) is 1.45. The normalized spacial score (nSPS) is 27.0. The first-order valence-corrected chi connectivity index (χ1v) is 4.94. The molecule has 0 amide bonds. The van der Waals surface area contributed by atoms with Crippen molar-refractivity contribution in [3.63, 3.8) is 0 Å². The molecule has 1 aliphatic heterocycles. The second-order valence-electron chi connectivity index (χ2n) is 4.90. The summed E-state index contributed by atoms with van der Waals surface area (Å²) in [6, 6.07) is 0.678. The molecule has 0 bridgehead atoms. The Hall–Kier alpha value is -0.0800. The molecule has 0 aliphatic carbocycles. The van der Waals surface area contributed by atoms with Crippen LogP contribution in [0.2, 0.25) is 0 Å². The third kappa shape index (κ3) is 2.20. The van der Waals surface area contributed by atoms with Gasteiger partial charge >= 0.3 is 0 Å². The SMILES string of the molecule is CC(C)N1CCC(C(C)(C)N)C1. The molecule has 12 heavy (non-hydrogen) atoms. The number of rotatable bonds is 2. The summed E-state index contributed by atoms with van der Waals surface area (Å²) in [7, 11) is 0. The van der Waals surface area contributed by atoms with Crippen molar-refractivity contribution < 1.29 is 0 Å². The number of hydrogen-bond acceptors (Lipinski definition) is 2. The van der Waals surface area contributed by atoms with Crippen LogP contribution in [0.1, 0.15) is 34.1 Å². The van der Waals surface area contributed by atoms with Crippen LogP contribution in [0.3, 0.4) is 0 Å². The van der Waals surface area contributed by atoms with Gasteiger partial charge in [-0.3, -0.25) is 0 Å². The molecule has 2 heteroatoms. The highest BCUT2D eigenvalue weighted by molar-refractivity contribution is 4.90. The molecule has 1 aliphatic rings. The summed E-state index contributed by atoms with van der Waals surface area (Å²) >= 11 is 0. The summed E-state index contributed by atoms with van der Waals surface area (Å²) in [6.45, 7) is 11.2. The van der Waals surface area contributed by atoms with E-state index in [0.29, 0.717) is 12.0 Å². The van der Waals surface area contributed by atoms with Crippen molar-refractivity contribution in [3.8, 4) is 0 Å². The highest BCUT2D eigenvalue weighted by Crippen LogP contribution is 2.26. The first-order chi connectivity index (χ1) is 5.41. The lowest BCUT2D eigenvalue weighted by atomic mass is 9.88. The summed E-state index contributed by atoms with van der Waals surface area (Å²) in [4.78, 5) is 2.51. The molecule has 1 fully saturated rings. The van der Waals surface area contributed by atoms with Gasteiger partial charge in [0.2, 0.25) is 0 Å². The minimum atomic E-state index is 0.00361. The minimum Gasteiger partial charge on any atom is -0.325 e. The zero-order valence-electron chi connectivity index (χ0n) is 8.80. The molecule has 1 heterocycles. The monoisotopic (exact) mass is 170 g/mol. The Bertz CT molecular complexity index is 146. The first kappa shape index (κ1) is 10.0. The van der Waals surface area contributed by atoms with Gasteiger partial charge in [-0.1, -0.05) is 0 Å². The maximum absolute atomic E-state index is 6.08. The van der Waals surface area contributed by atoms with Crippen molar-refractivity contribution in [1.82, 2.24) is 4.90 Å². The summed E-state index contributed by atoms with van der Waals surface area (Å²) in [5.74, 6) is 0.680. The van der Waals surface area contributed by atoms with Gasteiger partial charge in [0.15, 0.2) is 0 Å². The van der Waals surface area contributed by atoms with Gasteiger partial charge in [0.1, 0.15) is 0 Å². The van der Waals surface area contributed by atoms with E-state index in [4.69, 9.17) is 5.73 Å². The van der Waals surface area contributed by atoms with Gasteiger partial charge in [0, 0.05) is 18.1 Å². The molecule has 1 atom stereocenters. The highest BCUT2D eigenvalue weighted by atomic mass is 15.2. The van der Waals surface area contributed by atoms with E-state index in [0.717, 1.165) is 0 Å². The fourth-order valence-corrected chi connectivity index (χ4v) is 1.86. The molecule has 2 nitrogen and oxygen atoms in total. The number of nitrogens with two attached hydrogens (primary N) is 1. The number of hydrogen-bond donors (Lipinski definition) is 1. The first-order valence-electron chi connectivity index (χ1n) is 4.94. The van der Waals surface area contributed by atoms with Crippen molar-refractivity contribution in [1.29, 1.82) is 0 Å². The zero-order chi connectivity index (χ0) is 9.35. The fraction of sp³-hybridized carbons (Fsp3) is 1.00. The van der Waals surface area contributed by atoms with Crippen LogP contribution in [0.25, 0.3) is 0 Å². The lowest BCUT2D eigenvalue weighted by Crippen LogP contribution is -2.42. The third-order valence-electron chi connectivity index (χ3n) is 3.00. The zero-order valence-corrected chi connectivity index (χ0v) is 8.80. The van der Waals surface area contributed by atoms with E-state index in [9.17, 15) is 0 Å². The van der Waals surface area contributed by atoms with Crippen LogP contribution in [0.5, 0.6) is 0 Å². The van der Waals surface area contributed by atoms with Crippen LogP contribution in [0.15, 0.2) is 0 Å². The Morgan fingerprint density at radius 2 is 2.00 bits per heavy atom. The quantitative estimate of drug-likeness (QED) is 0.679. The molecule has 0 spiro atoms. The Morgan fingerprint density at radius 1 is 1.42 bits per heavy atom. The van der Waals surface area contributed by atoms with Crippen LogP contribution in [0.4, 0.5) is 0 Å². The van der Waals surface area contributed by atoms with Gasteiger partial charge in [-0.05, 0) is 46.6 Å². The molecule has 0 radical (unpaired) electrons. The van der Waals surface area contributed by atoms with Gasteiger partial charge < -0.3 is 10.6 Å². The second-order valence-corrected chi connectivity index (χ2v) is 4.90. The van der Waals surface area contributed by atoms with Crippen LogP contribution in [0, 0.1) is 5.92 Å². The van der Waals surface area contributed by atoms with Crippen molar-refractivity contribution in [3.05, 3.63) is 0 Å². The molecule has 1 unspecified atom stereocenters. The van der Waals surface area contributed by atoms with Gasteiger partial charge in [-0.25, -0.2) is 0 Å². The summed E-state index contributed by atoms with van der Waals surface area (Å²) in [5, 5.41) is 0. The lowest BCUT2D eigenvalue weighted by Gasteiger charge is -2.28. The van der Waals surface area contributed by atoms with Crippen molar-refractivity contribution in [2.45, 2.75) is 45.7 Å². The molecule has 2 N–H and O–H groups in total. The maximum atomic E-state index is 6.08. The van der Waals surface area contributed by atoms with Gasteiger partial charge in [0.25, 0.3) is 0 Å². The van der Waals surface area contributed by atoms with E-state index < -0.39 is 0 Å². The minimum absolute atomic E-state index is 0.00361. The van der Waals surface area contributed by atoms with E-state index in [1.807, 2.05) is 0 Å². The smallest absolute Gasteiger partial charge is 0.0138 e. The van der Waals surface area contributed by atoms with Crippen molar-refractivity contribution >= 4 is 0 Å². The Kier molecular flexibility index (Phi) is 2.79. The third-order valence-corrected chi connectivity index (χ3v) is 3.00. The molecular weight excluding hydrogens is 148 g/mol. The molecule has 72 valence electrons. The van der Waals surface area contributed by atoms with Crippen LogP contribution in [-0.4, -0.2) is 29.6 Å². The van der Waals surface area contributed by atoms with E-state index >= 15 is 0 Å². The molecule has 1 rings (SSSR count). The predicted molar refractivity (Wildman–Crippen MR) is 53.1 cm³/mol. The van der Waals surface area contributed by atoms with Crippen molar-refractivity contribution in [2.24, 2.45) is 11.7 Å². The average Bonchev–Trinajstić information content (AvgIpc) is 2.30. The Balaban J connectivity index is 2.46. The standard InChI is InChI=1S/C10H22N2/c1-8(2)12-6-5-9(7-12)10(3,4)11/h8-9H,5-7,11H2,1-4H3. The summed E-state index contributed by atoms with van der Waals surface area (Å²) < 4.78 is 0. The topological polar surface area (TPSA) is 29.3 Å². The van der Waals surface area contributed by atoms with E-state index in [1.165, 1.54) is 19.5 Å². The largest absolute Gasteiger partial charge is 0.325 e. The fourth-order valence-electron chi connectivity index (χ4n) is 1.86. The molecule has 1 saturated heterocycles. The van der Waals surface area contributed by atoms with Gasteiger partial charge in [0.05, 0.1) is 0 Å². The van der Waals surface area contributed by atoms with Gasteiger partial charge in [-0.2, -0.15) is 0 Å². The number of likely N-dealkylation sites (tertiary alicyclic amines) is 1. The second kappa shape index (κ2) is 3.35. The van der Waals surface area contributed by atoms with Crippen LogP contribution in [-0.2, 0) is 0 Å². The molecular formula is C10H22N2. The van der Waals surface area contributed by atoms with E-state index in [-0.39, 0.29) is 5.54 Å². The van der Waals surface area contributed by atoms with Crippen molar-refractivity contribution in [2.75, 3.05) is 13.1 Å². The Morgan fingerprint density at radius 3 is 2.25 bits per heavy atom. The average molecular weight is 170 g/mol. The summed E-state index contributed by atoms with van der Waals surface area (Å²) in [6.07, 6.45) is 1.27. The van der Waals surface area contributed by atoms with E-state index in [1.54, 1.807) is 0 Å². The molecule has 0 aromatic rings. The maximum Gasteiger partial charge on any atom is 0.0138 e. The van der Waals surface area contributed by atoms with Crippen LogP contribution >= 0.6 is 0 Å². The number of nitrogens with zero attached hydrogens (tertiary/aromatic N) is 1. The van der Waals surface area contributed by atoms with Crippen LogP contribution < -0.4 is 5.73 Å². The Labute approximate surface area is 76.1 Å².